The average Bonchev–Trinajstić information content (AvgIpc) is 2.15. The summed E-state index contributed by atoms with van der Waals surface area (Å²) in [4.78, 5) is 0. The quantitative estimate of drug-likeness (QED) is 0.661. The van der Waals surface area contributed by atoms with Crippen LogP contribution in [0.25, 0.3) is 0 Å². The van der Waals surface area contributed by atoms with Crippen molar-refractivity contribution in [2.75, 3.05) is 0 Å². The Morgan fingerprint density at radius 3 is 2.54 bits per heavy atom. The van der Waals surface area contributed by atoms with Crippen LogP contribution in [0.4, 0.5) is 0 Å². The van der Waals surface area contributed by atoms with Gasteiger partial charge >= 0.3 is 0 Å². The Hall–Kier alpha value is -0.300. The molecule has 0 saturated heterocycles. The van der Waals surface area contributed by atoms with Crippen LogP contribution in [-0.2, 0) is 0 Å². The molecule has 0 aromatic heterocycles. The van der Waals surface area contributed by atoms with Crippen LogP contribution in [0.5, 0.6) is 0 Å². The molecule has 0 aromatic rings. The molecule has 1 saturated carbocycles. The second-order valence-electron chi connectivity index (χ2n) is 4.46. The fourth-order valence-corrected chi connectivity index (χ4v) is 2.15. The Bertz CT molecular complexity index is 157. The first-order chi connectivity index (χ1) is 6.20. The Balaban J connectivity index is 2.20. The Morgan fingerprint density at radius 2 is 2.00 bits per heavy atom. The molecular formula is C12H22O. The highest BCUT2D eigenvalue weighted by atomic mass is 16.3. The third-order valence-electron chi connectivity index (χ3n) is 3.06. The van der Waals surface area contributed by atoms with Gasteiger partial charge in [-0.3, -0.25) is 0 Å². The van der Waals surface area contributed by atoms with Gasteiger partial charge in [0.15, 0.2) is 0 Å². The molecule has 1 aliphatic carbocycles. The summed E-state index contributed by atoms with van der Waals surface area (Å²) in [6.45, 7) is 5.90. The van der Waals surface area contributed by atoms with Gasteiger partial charge in [0.05, 0.1) is 6.10 Å². The van der Waals surface area contributed by atoms with E-state index in [-0.39, 0.29) is 6.10 Å². The third-order valence-corrected chi connectivity index (χ3v) is 3.06. The summed E-state index contributed by atoms with van der Waals surface area (Å²) in [6.07, 6.45) is 8.29. The van der Waals surface area contributed by atoms with Gasteiger partial charge in [-0.1, -0.05) is 24.8 Å². The first-order valence-corrected chi connectivity index (χ1v) is 5.52. The number of hydrogen-bond donors (Lipinski definition) is 1. The highest BCUT2D eigenvalue weighted by molar-refractivity contribution is 4.89. The van der Waals surface area contributed by atoms with Crippen LogP contribution in [0, 0.1) is 5.92 Å². The SMILES string of the molecule is C=C(C)CCC(O)C1CCCCC1. The third kappa shape index (κ3) is 3.95. The van der Waals surface area contributed by atoms with Crippen LogP contribution in [0.15, 0.2) is 12.2 Å². The van der Waals surface area contributed by atoms with Crippen LogP contribution in [0.1, 0.15) is 51.9 Å². The van der Waals surface area contributed by atoms with Crippen LogP contribution >= 0.6 is 0 Å². The Kier molecular flexibility index (Phi) is 4.51. The summed E-state index contributed by atoms with van der Waals surface area (Å²) in [6, 6.07) is 0. The monoisotopic (exact) mass is 182 g/mol. The first-order valence-electron chi connectivity index (χ1n) is 5.52. The molecule has 1 unspecified atom stereocenters. The molecule has 1 nitrogen and oxygen atoms in total. The van der Waals surface area contributed by atoms with E-state index in [0.29, 0.717) is 5.92 Å². The summed E-state index contributed by atoms with van der Waals surface area (Å²) < 4.78 is 0. The van der Waals surface area contributed by atoms with E-state index >= 15 is 0 Å². The molecule has 1 heteroatoms. The molecule has 0 heterocycles. The lowest BCUT2D eigenvalue weighted by molar-refractivity contribution is 0.0775. The molecule has 0 spiro atoms. The summed E-state index contributed by atoms with van der Waals surface area (Å²) in [5.41, 5.74) is 1.19. The lowest BCUT2D eigenvalue weighted by Crippen LogP contribution is -2.22. The van der Waals surface area contributed by atoms with Gasteiger partial charge in [0, 0.05) is 0 Å². The lowest BCUT2D eigenvalue weighted by Gasteiger charge is -2.26. The predicted octanol–water partition coefficient (Wildman–Crippen LogP) is 3.28. The summed E-state index contributed by atoms with van der Waals surface area (Å²) in [7, 11) is 0. The van der Waals surface area contributed by atoms with Crippen molar-refractivity contribution in [3.8, 4) is 0 Å². The topological polar surface area (TPSA) is 20.2 Å². The van der Waals surface area contributed by atoms with Gasteiger partial charge in [-0.25, -0.2) is 0 Å². The van der Waals surface area contributed by atoms with Crippen LogP contribution < -0.4 is 0 Å². The van der Waals surface area contributed by atoms with Crippen molar-refractivity contribution in [2.24, 2.45) is 5.92 Å². The molecule has 0 aromatic carbocycles. The maximum Gasteiger partial charge on any atom is 0.0571 e. The minimum atomic E-state index is -0.0722. The van der Waals surface area contributed by atoms with Crippen molar-refractivity contribution in [3.05, 3.63) is 12.2 Å². The van der Waals surface area contributed by atoms with E-state index in [9.17, 15) is 5.11 Å². The number of aliphatic hydroxyl groups is 1. The van der Waals surface area contributed by atoms with Gasteiger partial charge in [0.25, 0.3) is 0 Å². The van der Waals surface area contributed by atoms with E-state index in [4.69, 9.17) is 0 Å². The zero-order valence-corrected chi connectivity index (χ0v) is 8.76. The highest BCUT2D eigenvalue weighted by Gasteiger charge is 2.20. The molecule has 0 bridgehead atoms. The van der Waals surface area contributed by atoms with Crippen molar-refractivity contribution < 1.29 is 5.11 Å². The highest BCUT2D eigenvalue weighted by Crippen LogP contribution is 2.28. The number of rotatable bonds is 4. The van der Waals surface area contributed by atoms with Crippen molar-refractivity contribution in [1.82, 2.24) is 0 Å². The predicted molar refractivity (Wildman–Crippen MR) is 56.6 cm³/mol. The minimum Gasteiger partial charge on any atom is -0.393 e. The zero-order chi connectivity index (χ0) is 9.68. The van der Waals surface area contributed by atoms with E-state index in [1.165, 1.54) is 37.7 Å². The van der Waals surface area contributed by atoms with Crippen LogP contribution in [0.3, 0.4) is 0 Å². The second kappa shape index (κ2) is 5.43. The Labute approximate surface area is 81.9 Å². The molecule has 13 heavy (non-hydrogen) atoms. The zero-order valence-electron chi connectivity index (χ0n) is 8.76. The van der Waals surface area contributed by atoms with Gasteiger partial charge in [0.1, 0.15) is 0 Å². The van der Waals surface area contributed by atoms with Crippen LogP contribution in [-0.4, -0.2) is 11.2 Å². The fraction of sp³-hybridized carbons (Fsp3) is 0.833. The second-order valence-corrected chi connectivity index (χ2v) is 4.46. The number of hydrogen-bond acceptors (Lipinski definition) is 1. The maximum atomic E-state index is 9.88. The van der Waals surface area contributed by atoms with Crippen molar-refractivity contribution in [1.29, 1.82) is 0 Å². The van der Waals surface area contributed by atoms with Gasteiger partial charge in [0.2, 0.25) is 0 Å². The van der Waals surface area contributed by atoms with Gasteiger partial charge in [-0.05, 0) is 38.5 Å². The first kappa shape index (κ1) is 10.8. The summed E-state index contributed by atoms with van der Waals surface area (Å²) in [5, 5.41) is 9.88. The normalized spacial score (nSPS) is 21.4. The molecule has 1 N–H and O–H groups in total. The molecule has 0 amide bonds. The number of allylic oxidation sites excluding steroid dienone is 1. The summed E-state index contributed by atoms with van der Waals surface area (Å²) >= 11 is 0. The van der Waals surface area contributed by atoms with Gasteiger partial charge in [-0.15, -0.1) is 6.58 Å². The van der Waals surface area contributed by atoms with Crippen LogP contribution in [0.2, 0.25) is 0 Å². The van der Waals surface area contributed by atoms with Crippen molar-refractivity contribution in [2.45, 2.75) is 58.0 Å². The van der Waals surface area contributed by atoms with E-state index in [1.807, 2.05) is 6.92 Å². The largest absolute Gasteiger partial charge is 0.393 e. The molecule has 1 rings (SSSR count). The summed E-state index contributed by atoms with van der Waals surface area (Å²) in [5.74, 6) is 0.577. The fourth-order valence-electron chi connectivity index (χ4n) is 2.15. The molecular weight excluding hydrogens is 160 g/mol. The molecule has 0 radical (unpaired) electrons. The Morgan fingerprint density at radius 1 is 1.38 bits per heavy atom. The molecule has 1 atom stereocenters. The maximum absolute atomic E-state index is 9.88. The lowest BCUT2D eigenvalue weighted by atomic mass is 9.83. The minimum absolute atomic E-state index is 0.0722. The smallest absolute Gasteiger partial charge is 0.0571 e. The number of aliphatic hydroxyl groups excluding tert-OH is 1. The molecule has 0 aliphatic heterocycles. The molecule has 76 valence electrons. The molecule has 1 fully saturated rings. The van der Waals surface area contributed by atoms with Crippen molar-refractivity contribution >= 4 is 0 Å². The molecule has 1 aliphatic rings. The van der Waals surface area contributed by atoms with Gasteiger partial charge in [-0.2, -0.15) is 0 Å². The average molecular weight is 182 g/mol. The van der Waals surface area contributed by atoms with E-state index in [0.717, 1.165) is 12.8 Å². The van der Waals surface area contributed by atoms with E-state index < -0.39 is 0 Å². The van der Waals surface area contributed by atoms with E-state index in [1.54, 1.807) is 0 Å². The van der Waals surface area contributed by atoms with Gasteiger partial charge < -0.3 is 5.11 Å². The van der Waals surface area contributed by atoms with E-state index in [2.05, 4.69) is 6.58 Å². The van der Waals surface area contributed by atoms with Crippen molar-refractivity contribution in [3.63, 3.8) is 0 Å². The standard InChI is InChI=1S/C12H22O/c1-10(2)8-9-12(13)11-6-4-3-5-7-11/h11-13H,1,3-9H2,2H3.